The van der Waals surface area contributed by atoms with E-state index in [0.717, 1.165) is 0 Å². The van der Waals surface area contributed by atoms with Crippen LogP contribution in [0.15, 0.2) is 0 Å². The first kappa shape index (κ1) is 13.3. The number of nitrogens with one attached hydrogen (secondary N) is 1. The normalized spacial score (nSPS) is 14.9. The van der Waals surface area contributed by atoms with E-state index < -0.39 is 12.2 Å². The molecule has 6 nitrogen and oxygen atoms in total. The fourth-order valence-electron chi connectivity index (χ4n) is 0.644. The Kier molecular flexibility index (Phi) is 6.39. The minimum absolute atomic E-state index is 0.00564. The van der Waals surface area contributed by atoms with Crippen LogP contribution in [0.4, 0.5) is 0 Å². The summed E-state index contributed by atoms with van der Waals surface area (Å²) < 4.78 is 4.86. The third-order valence-corrected chi connectivity index (χ3v) is 1.50. The predicted octanol–water partition coefficient (Wildman–Crippen LogP) is -2.18. The molecule has 0 saturated carbocycles. The van der Waals surface area contributed by atoms with E-state index in [-0.39, 0.29) is 19.1 Å². The Hall–Kier alpha value is -0.690. The Morgan fingerprint density at radius 1 is 1.64 bits per heavy atom. The predicted molar refractivity (Wildman–Crippen MR) is 50.6 cm³/mol. The summed E-state index contributed by atoms with van der Waals surface area (Å²) in [6, 6.07) is 0. The van der Waals surface area contributed by atoms with E-state index in [0.29, 0.717) is 13.2 Å². The minimum Gasteiger partial charge on any atom is -0.393 e. The first-order valence-electron chi connectivity index (χ1n) is 4.39. The van der Waals surface area contributed by atoms with E-state index >= 15 is 0 Å². The molecule has 0 rings (SSSR count). The lowest BCUT2D eigenvalue weighted by molar-refractivity contribution is -0.127. The summed E-state index contributed by atoms with van der Waals surface area (Å²) in [6.45, 7) is 1.61. The summed E-state index contributed by atoms with van der Waals surface area (Å²) >= 11 is 0. The topological polar surface area (TPSA) is 105 Å². The first-order valence-corrected chi connectivity index (χ1v) is 4.39. The van der Waals surface area contributed by atoms with E-state index in [1.807, 2.05) is 0 Å². The van der Waals surface area contributed by atoms with Crippen LogP contribution in [0.1, 0.15) is 6.92 Å². The van der Waals surface area contributed by atoms with Crippen molar-refractivity contribution < 1.29 is 19.7 Å². The fraction of sp³-hybridized carbons (Fsp3) is 0.875. The van der Waals surface area contributed by atoms with Crippen molar-refractivity contribution in [2.75, 3.05) is 32.9 Å². The number of ether oxygens (including phenoxy) is 1. The largest absolute Gasteiger partial charge is 0.393 e. The second-order valence-electron chi connectivity index (χ2n) is 3.27. The fourth-order valence-corrected chi connectivity index (χ4v) is 0.644. The van der Waals surface area contributed by atoms with Crippen molar-refractivity contribution in [3.63, 3.8) is 0 Å². The van der Waals surface area contributed by atoms with Crippen molar-refractivity contribution in [1.82, 2.24) is 5.32 Å². The second kappa shape index (κ2) is 6.72. The number of nitrogens with two attached hydrogens (primary N) is 1. The molecule has 0 aliphatic carbocycles. The lowest BCUT2D eigenvalue weighted by Gasteiger charge is -2.20. The van der Waals surface area contributed by atoms with Crippen LogP contribution in [0.2, 0.25) is 0 Å². The SMILES string of the molecule is CC(O)(CO)CNC(=O)COCCN. The van der Waals surface area contributed by atoms with Crippen molar-refractivity contribution in [3.05, 3.63) is 0 Å². The number of rotatable bonds is 7. The van der Waals surface area contributed by atoms with Gasteiger partial charge in [0.1, 0.15) is 12.2 Å². The lowest BCUT2D eigenvalue weighted by Crippen LogP contribution is -2.44. The average molecular weight is 206 g/mol. The molecule has 1 amide bonds. The highest BCUT2D eigenvalue weighted by atomic mass is 16.5. The average Bonchev–Trinajstić information content (AvgIpc) is 2.16. The molecule has 0 aromatic carbocycles. The summed E-state index contributed by atoms with van der Waals surface area (Å²) in [4.78, 5) is 11.0. The smallest absolute Gasteiger partial charge is 0.246 e. The van der Waals surface area contributed by atoms with Gasteiger partial charge in [0.15, 0.2) is 0 Å². The van der Waals surface area contributed by atoms with Crippen molar-refractivity contribution in [3.8, 4) is 0 Å². The highest BCUT2D eigenvalue weighted by Gasteiger charge is 2.19. The van der Waals surface area contributed by atoms with Crippen LogP contribution in [0.5, 0.6) is 0 Å². The van der Waals surface area contributed by atoms with E-state index in [1.165, 1.54) is 6.92 Å². The molecule has 0 aliphatic heterocycles. The zero-order valence-corrected chi connectivity index (χ0v) is 8.32. The summed E-state index contributed by atoms with van der Waals surface area (Å²) in [5, 5.41) is 20.4. The number of aliphatic hydroxyl groups excluding tert-OH is 1. The van der Waals surface area contributed by atoms with Gasteiger partial charge < -0.3 is 26.0 Å². The van der Waals surface area contributed by atoms with Gasteiger partial charge in [0.2, 0.25) is 5.91 Å². The number of amides is 1. The molecule has 0 aromatic heterocycles. The highest BCUT2D eigenvalue weighted by molar-refractivity contribution is 5.77. The Labute approximate surface area is 83.0 Å². The zero-order chi connectivity index (χ0) is 11.0. The number of hydrogen-bond donors (Lipinski definition) is 4. The molecule has 1 atom stereocenters. The van der Waals surface area contributed by atoms with Crippen molar-refractivity contribution in [1.29, 1.82) is 0 Å². The van der Waals surface area contributed by atoms with Crippen LogP contribution in [-0.4, -0.2) is 54.6 Å². The number of carbonyl (C=O) groups is 1. The minimum atomic E-state index is -1.29. The first-order chi connectivity index (χ1) is 6.52. The second-order valence-corrected chi connectivity index (χ2v) is 3.27. The molecule has 0 aromatic rings. The number of hydrogen-bond acceptors (Lipinski definition) is 5. The van der Waals surface area contributed by atoms with Crippen molar-refractivity contribution in [2.24, 2.45) is 5.73 Å². The van der Waals surface area contributed by atoms with Crippen LogP contribution in [0.25, 0.3) is 0 Å². The number of carbonyl (C=O) groups excluding carboxylic acids is 1. The highest BCUT2D eigenvalue weighted by Crippen LogP contribution is 1.97. The molecular weight excluding hydrogens is 188 g/mol. The van der Waals surface area contributed by atoms with E-state index in [1.54, 1.807) is 0 Å². The Balaban J connectivity index is 3.53. The molecule has 14 heavy (non-hydrogen) atoms. The van der Waals surface area contributed by atoms with Crippen LogP contribution in [-0.2, 0) is 9.53 Å². The van der Waals surface area contributed by atoms with E-state index in [2.05, 4.69) is 5.32 Å². The monoisotopic (exact) mass is 206 g/mol. The van der Waals surface area contributed by atoms with Gasteiger partial charge in [-0.1, -0.05) is 0 Å². The van der Waals surface area contributed by atoms with Gasteiger partial charge in [-0.05, 0) is 6.92 Å². The van der Waals surface area contributed by atoms with E-state index in [4.69, 9.17) is 15.6 Å². The molecule has 0 heterocycles. The van der Waals surface area contributed by atoms with Gasteiger partial charge in [-0.15, -0.1) is 0 Å². The molecule has 1 unspecified atom stereocenters. The lowest BCUT2D eigenvalue weighted by atomic mass is 10.1. The zero-order valence-electron chi connectivity index (χ0n) is 8.32. The Morgan fingerprint density at radius 2 is 2.29 bits per heavy atom. The van der Waals surface area contributed by atoms with Crippen LogP contribution >= 0.6 is 0 Å². The summed E-state index contributed by atoms with van der Waals surface area (Å²) in [5.41, 5.74) is 3.86. The van der Waals surface area contributed by atoms with Gasteiger partial charge in [0.05, 0.1) is 13.2 Å². The van der Waals surface area contributed by atoms with Gasteiger partial charge in [-0.25, -0.2) is 0 Å². The summed E-state index contributed by atoms with van der Waals surface area (Å²) in [5.74, 6) is -0.341. The van der Waals surface area contributed by atoms with Gasteiger partial charge >= 0.3 is 0 Å². The standard InChI is InChI=1S/C8H18N2O4/c1-8(13,6-11)5-10-7(12)4-14-3-2-9/h11,13H,2-6,9H2,1H3,(H,10,12). The van der Waals surface area contributed by atoms with Crippen LogP contribution < -0.4 is 11.1 Å². The quantitative estimate of drug-likeness (QED) is 0.354. The maximum Gasteiger partial charge on any atom is 0.246 e. The Morgan fingerprint density at radius 3 is 2.79 bits per heavy atom. The van der Waals surface area contributed by atoms with Gasteiger partial charge in [0.25, 0.3) is 0 Å². The molecule has 84 valence electrons. The maximum atomic E-state index is 11.0. The molecule has 0 spiro atoms. The van der Waals surface area contributed by atoms with Gasteiger partial charge in [-0.2, -0.15) is 0 Å². The summed E-state index contributed by atoms with van der Waals surface area (Å²) in [6.07, 6.45) is 0. The molecule has 0 fully saturated rings. The molecule has 0 saturated heterocycles. The molecule has 6 heteroatoms. The van der Waals surface area contributed by atoms with Crippen molar-refractivity contribution >= 4 is 5.91 Å². The van der Waals surface area contributed by atoms with Crippen molar-refractivity contribution in [2.45, 2.75) is 12.5 Å². The molecule has 5 N–H and O–H groups in total. The Bertz CT molecular complexity index is 173. The third kappa shape index (κ3) is 6.79. The molecular formula is C8H18N2O4. The van der Waals surface area contributed by atoms with Crippen LogP contribution in [0, 0.1) is 0 Å². The molecule has 0 aliphatic rings. The van der Waals surface area contributed by atoms with Crippen LogP contribution in [0.3, 0.4) is 0 Å². The van der Waals surface area contributed by atoms with E-state index in [9.17, 15) is 9.90 Å². The van der Waals surface area contributed by atoms with Gasteiger partial charge in [0, 0.05) is 13.1 Å². The molecule has 0 radical (unpaired) electrons. The van der Waals surface area contributed by atoms with Gasteiger partial charge in [-0.3, -0.25) is 4.79 Å². The third-order valence-electron chi connectivity index (χ3n) is 1.50. The summed E-state index contributed by atoms with van der Waals surface area (Å²) in [7, 11) is 0. The molecule has 0 bridgehead atoms. The maximum absolute atomic E-state index is 11.0. The number of aliphatic hydroxyl groups is 2.